The molecule has 0 aliphatic rings. The monoisotopic (exact) mass is 267 g/mol. The molecule has 106 valence electrons. The Morgan fingerprint density at radius 2 is 2.11 bits per heavy atom. The fraction of sp³-hybridized carbons (Fsp3) is 0.500. The predicted molar refractivity (Wildman–Crippen MR) is 69.5 cm³/mol. The number of rotatable bonds is 8. The summed E-state index contributed by atoms with van der Waals surface area (Å²) in [6.45, 7) is 1.45. The molecule has 5 heteroatoms. The third-order valence-electron chi connectivity index (χ3n) is 2.73. The van der Waals surface area contributed by atoms with Gasteiger partial charge in [0, 0.05) is 12.0 Å². The Balaban J connectivity index is 2.74. The molecule has 0 amide bonds. The second kappa shape index (κ2) is 7.63. The molecule has 1 N–H and O–H groups in total. The van der Waals surface area contributed by atoms with Crippen LogP contribution in [0.4, 0.5) is 0 Å². The molecule has 5 nitrogen and oxygen atoms in total. The van der Waals surface area contributed by atoms with E-state index >= 15 is 0 Å². The lowest BCUT2D eigenvalue weighted by molar-refractivity contribution is -0.858. The van der Waals surface area contributed by atoms with Crippen LogP contribution >= 0.6 is 0 Å². The molecular formula is C14H21NO4. The van der Waals surface area contributed by atoms with Gasteiger partial charge in [0.05, 0.1) is 21.2 Å². The van der Waals surface area contributed by atoms with Gasteiger partial charge in [0.15, 0.2) is 0 Å². The molecular weight excluding hydrogens is 246 g/mol. The number of carboxylic acids is 1. The number of nitrogens with one attached hydrogen (secondary N) is 1. The molecule has 0 radical (unpaired) electrons. The Kier molecular flexibility index (Phi) is 6.15. The van der Waals surface area contributed by atoms with Crippen molar-refractivity contribution in [2.45, 2.75) is 12.8 Å². The summed E-state index contributed by atoms with van der Waals surface area (Å²) in [7, 11) is 5.68. The number of aryl methyl sites for hydroxylation is 1. The molecule has 0 spiro atoms. The van der Waals surface area contributed by atoms with Crippen LogP contribution in [0.15, 0.2) is 18.2 Å². The van der Waals surface area contributed by atoms with E-state index in [-0.39, 0.29) is 6.42 Å². The van der Waals surface area contributed by atoms with Crippen LogP contribution in [0.25, 0.3) is 0 Å². The number of methoxy groups -OCH3 is 1. The third-order valence-corrected chi connectivity index (χ3v) is 2.73. The van der Waals surface area contributed by atoms with Crippen LogP contribution < -0.4 is 19.5 Å². The van der Waals surface area contributed by atoms with Gasteiger partial charge in [-0.05, 0) is 24.5 Å². The molecule has 0 atom stereocenters. The molecule has 0 heterocycles. The number of hydrogen-bond acceptors (Lipinski definition) is 4. The zero-order valence-corrected chi connectivity index (χ0v) is 11.7. The maximum absolute atomic E-state index is 10.5. The van der Waals surface area contributed by atoms with E-state index in [0.717, 1.165) is 12.1 Å². The summed E-state index contributed by atoms with van der Waals surface area (Å²) in [4.78, 5) is 11.8. The van der Waals surface area contributed by atoms with Crippen molar-refractivity contribution in [2.24, 2.45) is 0 Å². The fourth-order valence-corrected chi connectivity index (χ4v) is 1.60. The Morgan fingerprint density at radius 3 is 2.68 bits per heavy atom. The van der Waals surface area contributed by atoms with Crippen LogP contribution in [0.2, 0.25) is 0 Å². The van der Waals surface area contributed by atoms with E-state index in [0.29, 0.717) is 24.5 Å². The van der Waals surface area contributed by atoms with E-state index in [4.69, 9.17) is 9.47 Å². The lowest BCUT2D eigenvalue weighted by Gasteiger charge is -2.14. The number of quaternary nitrogens is 1. The molecule has 0 aliphatic heterocycles. The van der Waals surface area contributed by atoms with Gasteiger partial charge in [0.25, 0.3) is 0 Å². The van der Waals surface area contributed by atoms with Gasteiger partial charge in [0.1, 0.15) is 24.7 Å². The number of carbonyl (C=O) groups excluding carboxylic acids is 1. The van der Waals surface area contributed by atoms with Crippen LogP contribution in [-0.2, 0) is 11.2 Å². The molecule has 1 aromatic carbocycles. The highest BCUT2D eigenvalue weighted by Crippen LogP contribution is 2.25. The summed E-state index contributed by atoms with van der Waals surface area (Å²) in [5.74, 6) is 0.325. The van der Waals surface area contributed by atoms with Gasteiger partial charge in [0.2, 0.25) is 0 Å². The fourth-order valence-electron chi connectivity index (χ4n) is 1.60. The average molecular weight is 267 g/mol. The highest BCUT2D eigenvalue weighted by Gasteiger charge is 2.07. The Morgan fingerprint density at radius 1 is 1.37 bits per heavy atom. The van der Waals surface area contributed by atoms with Crippen molar-refractivity contribution in [3.05, 3.63) is 23.8 Å². The van der Waals surface area contributed by atoms with E-state index in [1.165, 1.54) is 4.90 Å². The maximum atomic E-state index is 10.5. The first-order valence-corrected chi connectivity index (χ1v) is 6.31. The number of likely N-dealkylation sites (N-methyl/N-ethyl adjacent to an activating group) is 1. The first-order valence-electron chi connectivity index (χ1n) is 6.31. The van der Waals surface area contributed by atoms with Gasteiger partial charge < -0.3 is 24.3 Å². The highest BCUT2D eigenvalue weighted by atomic mass is 16.5. The first-order chi connectivity index (χ1) is 9.02. The predicted octanol–water partition coefficient (Wildman–Crippen LogP) is -1.10. The van der Waals surface area contributed by atoms with Crippen molar-refractivity contribution in [2.75, 3.05) is 34.4 Å². The summed E-state index contributed by atoms with van der Waals surface area (Å²) >= 11 is 0. The summed E-state index contributed by atoms with van der Waals surface area (Å²) < 4.78 is 10.9. The van der Waals surface area contributed by atoms with Crippen LogP contribution in [0.1, 0.15) is 12.0 Å². The third kappa shape index (κ3) is 5.61. The first kappa shape index (κ1) is 15.3. The second-order valence-corrected chi connectivity index (χ2v) is 4.65. The molecule has 1 rings (SSSR count). The quantitative estimate of drug-likeness (QED) is 0.649. The number of ether oxygens (including phenoxy) is 2. The van der Waals surface area contributed by atoms with Crippen LogP contribution in [0.3, 0.4) is 0 Å². The van der Waals surface area contributed by atoms with E-state index in [1.54, 1.807) is 19.2 Å². The van der Waals surface area contributed by atoms with Gasteiger partial charge >= 0.3 is 0 Å². The summed E-state index contributed by atoms with van der Waals surface area (Å²) in [6.07, 6.45) is 0.387. The Bertz CT molecular complexity index is 418. The largest absolute Gasteiger partial charge is 0.550 e. The molecule has 0 aliphatic carbocycles. The highest BCUT2D eigenvalue weighted by molar-refractivity contribution is 5.64. The molecule has 19 heavy (non-hydrogen) atoms. The second-order valence-electron chi connectivity index (χ2n) is 4.65. The number of hydrogen-bond donors (Lipinski definition) is 1. The standard InChI is InChI=1S/C14H21NO4/c1-15(2)8-9-19-13-10-12(18-3)6-4-11(13)5-7-14(16)17/h4,6,10H,5,7-9H2,1-3H3,(H,16,17). The van der Waals surface area contributed by atoms with Crippen molar-refractivity contribution >= 4 is 5.97 Å². The van der Waals surface area contributed by atoms with Crippen LogP contribution in [-0.4, -0.2) is 40.3 Å². The minimum atomic E-state index is -1.06. The summed E-state index contributed by atoms with van der Waals surface area (Å²) in [5.41, 5.74) is 0.860. The lowest BCUT2D eigenvalue weighted by Crippen LogP contribution is -3.06. The Hall–Kier alpha value is -1.75. The van der Waals surface area contributed by atoms with Gasteiger partial charge in [-0.2, -0.15) is 0 Å². The van der Waals surface area contributed by atoms with E-state index in [2.05, 4.69) is 0 Å². The number of carboxylic acid groups (broad SMARTS) is 1. The van der Waals surface area contributed by atoms with Crippen molar-refractivity contribution in [1.29, 1.82) is 0 Å². The summed E-state index contributed by atoms with van der Waals surface area (Å²) in [6, 6.07) is 5.42. The molecule has 0 saturated carbocycles. The SMILES string of the molecule is COc1ccc(CCC(=O)[O-])c(OCC[NH+](C)C)c1. The number of aliphatic carboxylic acids is 1. The molecule has 0 saturated heterocycles. The lowest BCUT2D eigenvalue weighted by atomic mass is 10.1. The van der Waals surface area contributed by atoms with E-state index < -0.39 is 5.97 Å². The topological polar surface area (TPSA) is 63.0 Å². The van der Waals surface area contributed by atoms with Crippen molar-refractivity contribution in [1.82, 2.24) is 0 Å². The zero-order valence-electron chi connectivity index (χ0n) is 11.7. The van der Waals surface area contributed by atoms with E-state index in [1.807, 2.05) is 20.2 Å². The Labute approximate surface area is 113 Å². The van der Waals surface area contributed by atoms with Crippen LogP contribution in [0, 0.1) is 0 Å². The molecule has 1 aromatic rings. The van der Waals surface area contributed by atoms with Crippen LogP contribution in [0.5, 0.6) is 11.5 Å². The van der Waals surface area contributed by atoms with Gasteiger partial charge in [-0.15, -0.1) is 0 Å². The van der Waals surface area contributed by atoms with E-state index in [9.17, 15) is 9.90 Å². The van der Waals surface area contributed by atoms with Gasteiger partial charge in [-0.1, -0.05) is 6.07 Å². The summed E-state index contributed by atoms with van der Waals surface area (Å²) in [5, 5.41) is 10.5. The maximum Gasteiger partial charge on any atom is 0.137 e. The van der Waals surface area contributed by atoms with Crippen molar-refractivity contribution in [3.63, 3.8) is 0 Å². The normalized spacial score (nSPS) is 10.5. The van der Waals surface area contributed by atoms with Crippen molar-refractivity contribution in [3.8, 4) is 11.5 Å². The minimum Gasteiger partial charge on any atom is -0.550 e. The van der Waals surface area contributed by atoms with Gasteiger partial charge in [-0.25, -0.2) is 0 Å². The molecule has 0 aromatic heterocycles. The average Bonchev–Trinajstić information content (AvgIpc) is 2.36. The molecule has 0 bridgehead atoms. The van der Waals surface area contributed by atoms with Gasteiger partial charge in [-0.3, -0.25) is 0 Å². The molecule has 0 unspecified atom stereocenters. The number of carbonyl (C=O) groups is 1. The minimum absolute atomic E-state index is 0.0123. The molecule has 0 fully saturated rings. The zero-order chi connectivity index (χ0) is 14.3. The smallest absolute Gasteiger partial charge is 0.137 e. The number of benzene rings is 1. The van der Waals surface area contributed by atoms with Crippen molar-refractivity contribution < 1.29 is 24.3 Å².